The average molecular weight is 932 g/mol. The van der Waals surface area contributed by atoms with Gasteiger partial charge in [0, 0.05) is 24.0 Å². The number of alkyl halides is 2. The molecule has 0 radical (unpaired) electrons. The summed E-state index contributed by atoms with van der Waals surface area (Å²) in [4.78, 5) is 0. The SMILES string of the molecule is CCCCCCCCOC(CCCC(C)CC(C)CC(C)CC(C)CC(C)CC(C)Cl)OC(CCCC(C)CC(C)CC(C)CC(C)CC(C)CC(C)Cl)OCCCCCCCC. The van der Waals surface area contributed by atoms with E-state index in [4.69, 9.17) is 37.4 Å². The van der Waals surface area contributed by atoms with E-state index in [1.165, 1.54) is 128 Å². The summed E-state index contributed by atoms with van der Waals surface area (Å²) in [6.45, 7) is 35.0. The third-order valence-corrected chi connectivity index (χ3v) is 14.4. The summed E-state index contributed by atoms with van der Waals surface area (Å²) in [5.41, 5.74) is 0. The molecule has 5 heteroatoms. The van der Waals surface area contributed by atoms with Gasteiger partial charge in [-0.25, -0.2) is 0 Å². The molecule has 0 saturated carbocycles. The van der Waals surface area contributed by atoms with Gasteiger partial charge in [0.25, 0.3) is 0 Å². The molecule has 0 amide bonds. The molecule has 0 aromatic carbocycles. The lowest BCUT2D eigenvalue weighted by Crippen LogP contribution is -2.28. The van der Waals surface area contributed by atoms with E-state index in [2.05, 4.69) is 96.9 Å². The minimum Gasteiger partial charge on any atom is -0.353 e. The van der Waals surface area contributed by atoms with Gasteiger partial charge in [-0.15, -0.1) is 23.2 Å². The number of rotatable bonds is 46. The number of halogens is 2. The van der Waals surface area contributed by atoms with Gasteiger partial charge in [0.2, 0.25) is 0 Å². The van der Waals surface area contributed by atoms with Crippen LogP contribution in [0.2, 0.25) is 0 Å². The highest BCUT2D eigenvalue weighted by atomic mass is 35.5. The lowest BCUT2D eigenvalue weighted by Gasteiger charge is -2.27. The Morgan fingerprint density at radius 2 is 0.540 bits per heavy atom. The van der Waals surface area contributed by atoms with Crippen LogP contribution in [0.5, 0.6) is 0 Å². The molecule has 14 atom stereocenters. The van der Waals surface area contributed by atoms with Gasteiger partial charge in [0.1, 0.15) is 0 Å². The Hall–Kier alpha value is 0.460. The fourth-order valence-electron chi connectivity index (χ4n) is 11.6. The summed E-state index contributed by atoms with van der Waals surface area (Å²) in [5.74, 6) is 7.51. The summed E-state index contributed by atoms with van der Waals surface area (Å²) in [6.07, 6.45) is 34.6. The second-order valence-corrected chi connectivity index (χ2v) is 24.6. The Morgan fingerprint density at radius 1 is 0.286 bits per heavy atom. The highest BCUT2D eigenvalue weighted by Gasteiger charge is 2.22. The van der Waals surface area contributed by atoms with E-state index in [-0.39, 0.29) is 23.3 Å². The van der Waals surface area contributed by atoms with E-state index in [0.29, 0.717) is 11.8 Å². The van der Waals surface area contributed by atoms with Gasteiger partial charge >= 0.3 is 0 Å². The lowest BCUT2D eigenvalue weighted by atomic mass is 9.82. The van der Waals surface area contributed by atoms with Gasteiger partial charge < -0.3 is 14.2 Å². The van der Waals surface area contributed by atoms with Crippen molar-refractivity contribution in [2.75, 3.05) is 13.2 Å². The second kappa shape index (κ2) is 41.4. The molecule has 0 aliphatic heterocycles. The van der Waals surface area contributed by atoms with E-state index < -0.39 is 0 Å². The van der Waals surface area contributed by atoms with Crippen LogP contribution in [0.3, 0.4) is 0 Å². The molecule has 0 saturated heterocycles. The Bertz CT molecular complexity index is 886. The minimum absolute atomic E-state index is 0.173. The monoisotopic (exact) mass is 931 g/mol. The van der Waals surface area contributed by atoms with Gasteiger partial charge in [0.05, 0.1) is 0 Å². The van der Waals surface area contributed by atoms with Crippen LogP contribution in [-0.4, -0.2) is 36.5 Å². The normalized spacial score (nSPS) is 19.0. The molecule has 0 rings (SSSR count). The maximum absolute atomic E-state index is 6.88. The quantitative estimate of drug-likeness (QED) is 0.0346. The van der Waals surface area contributed by atoms with Gasteiger partial charge in [-0.3, -0.25) is 0 Å². The molecule has 380 valence electrons. The molecular formula is C58H116Cl2O3. The summed E-state index contributed by atoms with van der Waals surface area (Å²) in [5, 5.41) is 0.568. The van der Waals surface area contributed by atoms with Crippen molar-refractivity contribution < 1.29 is 14.2 Å². The van der Waals surface area contributed by atoms with E-state index in [9.17, 15) is 0 Å². The molecule has 0 aromatic heterocycles. The van der Waals surface area contributed by atoms with Crippen molar-refractivity contribution in [2.45, 2.75) is 300 Å². The van der Waals surface area contributed by atoms with Crippen LogP contribution >= 0.6 is 23.2 Å². The van der Waals surface area contributed by atoms with Gasteiger partial charge in [-0.1, -0.05) is 160 Å². The van der Waals surface area contributed by atoms with Crippen molar-refractivity contribution in [3.8, 4) is 0 Å². The maximum Gasteiger partial charge on any atom is 0.160 e. The smallest absolute Gasteiger partial charge is 0.160 e. The molecule has 3 nitrogen and oxygen atoms in total. The third-order valence-electron chi connectivity index (χ3n) is 14.1. The fourth-order valence-corrected chi connectivity index (χ4v) is 12.2. The minimum atomic E-state index is -0.173. The molecule has 0 N–H and O–H groups in total. The van der Waals surface area contributed by atoms with E-state index >= 15 is 0 Å². The van der Waals surface area contributed by atoms with Crippen molar-refractivity contribution >= 4 is 23.2 Å². The Morgan fingerprint density at radius 3 is 0.825 bits per heavy atom. The number of unbranched alkanes of at least 4 members (excludes halogenated alkanes) is 10. The van der Waals surface area contributed by atoms with E-state index in [1.807, 2.05) is 0 Å². The molecule has 0 fully saturated rings. The molecule has 0 aliphatic rings. The molecule has 0 heterocycles. The molecule has 63 heavy (non-hydrogen) atoms. The zero-order chi connectivity index (χ0) is 47.4. The Kier molecular flexibility index (Phi) is 41.7. The summed E-state index contributed by atoms with van der Waals surface area (Å²) in [7, 11) is 0. The number of hydrogen-bond donors (Lipinski definition) is 0. The predicted molar refractivity (Wildman–Crippen MR) is 283 cm³/mol. The van der Waals surface area contributed by atoms with Gasteiger partial charge in [-0.2, -0.15) is 0 Å². The second-order valence-electron chi connectivity index (χ2n) is 23.1. The molecule has 0 bridgehead atoms. The van der Waals surface area contributed by atoms with Crippen molar-refractivity contribution in [1.82, 2.24) is 0 Å². The van der Waals surface area contributed by atoms with E-state index in [0.717, 1.165) is 112 Å². The summed E-state index contributed by atoms with van der Waals surface area (Å²) < 4.78 is 20.1. The topological polar surface area (TPSA) is 27.7 Å². The highest BCUT2D eigenvalue weighted by molar-refractivity contribution is 6.20. The molecule has 14 unspecified atom stereocenters. The van der Waals surface area contributed by atoms with Crippen LogP contribution in [0.15, 0.2) is 0 Å². The standard InChI is InChI=1S/C58H116Cl2O3/c1-15-17-19-21-23-25-33-61-57(31-27-29-45(3)35-47(5)37-49(7)39-51(9)41-53(11)43-55(13)59)63-58(62-34-26-24-22-20-18-16-2)32-28-30-46(4)36-48(6)38-50(8)40-52(10)42-54(12)44-56(14)60/h45-58H,15-44H2,1-14H3. The number of hydrogen-bond acceptors (Lipinski definition) is 3. The van der Waals surface area contributed by atoms with Crippen LogP contribution in [0, 0.1) is 59.2 Å². The lowest BCUT2D eigenvalue weighted by molar-refractivity contribution is -0.250. The zero-order valence-corrected chi connectivity index (χ0v) is 46.8. The molecular weight excluding hydrogens is 816 g/mol. The third kappa shape index (κ3) is 41.2. The van der Waals surface area contributed by atoms with Crippen molar-refractivity contribution in [3.05, 3.63) is 0 Å². The molecule has 0 aromatic rings. The first-order valence-electron chi connectivity index (χ1n) is 28.1. The summed E-state index contributed by atoms with van der Waals surface area (Å²) in [6, 6.07) is 0. The first-order chi connectivity index (χ1) is 29.9. The molecule has 0 spiro atoms. The van der Waals surface area contributed by atoms with E-state index in [1.54, 1.807) is 0 Å². The van der Waals surface area contributed by atoms with Crippen LogP contribution in [0.25, 0.3) is 0 Å². The number of ether oxygens (including phenoxy) is 3. The average Bonchev–Trinajstić information content (AvgIpc) is 3.15. The van der Waals surface area contributed by atoms with Crippen LogP contribution in [0.4, 0.5) is 0 Å². The first kappa shape index (κ1) is 63.5. The largest absolute Gasteiger partial charge is 0.353 e. The Labute approximate surface area is 407 Å². The maximum atomic E-state index is 6.88. The van der Waals surface area contributed by atoms with Crippen LogP contribution < -0.4 is 0 Å². The Balaban J connectivity index is 5.31. The van der Waals surface area contributed by atoms with Crippen molar-refractivity contribution in [1.29, 1.82) is 0 Å². The van der Waals surface area contributed by atoms with Gasteiger partial charge in [0.15, 0.2) is 12.6 Å². The van der Waals surface area contributed by atoms with Gasteiger partial charge in [-0.05, 0) is 176 Å². The summed E-state index contributed by atoms with van der Waals surface area (Å²) >= 11 is 12.6. The molecule has 0 aliphatic carbocycles. The predicted octanol–water partition coefficient (Wildman–Crippen LogP) is 20.3. The first-order valence-corrected chi connectivity index (χ1v) is 29.0. The highest BCUT2D eigenvalue weighted by Crippen LogP contribution is 2.32. The van der Waals surface area contributed by atoms with Crippen molar-refractivity contribution in [3.63, 3.8) is 0 Å². The zero-order valence-electron chi connectivity index (χ0n) is 45.3. The fraction of sp³-hybridized carbons (Fsp3) is 1.00. The van der Waals surface area contributed by atoms with Crippen molar-refractivity contribution in [2.24, 2.45) is 59.2 Å². The van der Waals surface area contributed by atoms with Crippen LogP contribution in [-0.2, 0) is 14.2 Å². The van der Waals surface area contributed by atoms with Crippen LogP contribution in [0.1, 0.15) is 277 Å².